The summed E-state index contributed by atoms with van der Waals surface area (Å²) in [6, 6.07) is 1.87. The summed E-state index contributed by atoms with van der Waals surface area (Å²) in [5.74, 6) is 0.474. The first-order chi connectivity index (χ1) is 13.6. The molecule has 2 unspecified atom stereocenters. The van der Waals surface area contributed by atoms with Gasteiger partial charge < -0.3 is 19.3 Å². The summed E-state index contributed by atoms with van der Waals surface area (Å²) in [6.45, 7) is 4.42. The van der Waals surface area contributed by atoms with Gasteiger partial charge in [-0.25, -0.2) is 9.67 Å². The number of aromatic amines is 1. The van der Waals surface area contributed by atoms with E-state index in [0.29, 0.717) is 5.88 Å². The molecule has 2 N–H and O–H groups in total. The lowest BCUT2D eigenvalue weighted by atomic mass is 10.1. The second-order valence-electron chi connectivity index (χ2n) is 7.00. The van der Waals surface area contributed by atoms with Crippen molar-refractivity contribution in [3.05, 3.63) is 24.7 Å². The Bertz CT molecular complexity index is 903. The molecule has 3 aromatic rings. The maximum Gasteiger partial charge on any atom is 0.214 e. The van der Waals surface area contributed by atoms with Crippen molar-refractivity contribution in [2.45, 2.75) is 51.7 Å². The van der Waals surface area contributed by atoms with E-state index in [0.717, 1.165) is 48.0 Å². The number of nitrogens with zero attached hydrogens (tertiary/aromatic N) is 4. The number of ether oxygens (including phenoxy) is 3. The van der Waals surface area contributed by atoms with E-state index in [1.807, 2.05) is 23.9 Å². The lowest BCUT2D eigenvalue weighted by Crippen LogP contribution is -2.23. The van der Waals surface area contributed by atoms with Crippen molar-refractivity contribution in [1.82, 2.24) is 25.0 Å². The van der Waals surface area contributed by atoms with Gasteiger partial charge in [0.05, 0.1) is 24.0 Å². The lowest BCUT2D eigenvalue weighted by molar-refractivity contribution is -0.126. The highest BCUT2D eigenvalue weighted by Gasteiger charge is 2.23. The largest absolute Gasteiger partial charge is 0.475 e. The monoisotopic (exact) mass is 387 g/mol. The molecule has 1 saturated heterocycles. The molecule has 4 rings (SSSR count). The van der Waals surface area contributed by atoms with Gasteiger partial charge in [-0.3, -0.25) is 5.10 Å². The number of fused-ring (bicyclic) bond motifs is 1. The Morgan fingerprint density at radius 3 is 2.96 bits per heavy atom. The molecule has 0 aliphatic carbocycles. The van der Waals surface area contributed by atoms with E-state index in [2.05, 4.69) is 15.2 Å². The first-order valence-corrected chi connectivity index (χ1v) is 9.57. The smallest absolute Gasteiger partial charge is 0.214 e. The summed E-state index contributed by atoms with van der Waals surface area (Å²) in [5, 5.41) is 21.9. The molecule has 4 heterocycles. The fourth-order valence-corrected chi connectivity index (χ4v) is 3.40. The normalized spacial score (nSPS) is 19.6. The summed E-state index contributed by atoms with van der Waals surface area (Å²) in [4.78, 5) is 4.43. The minimum Gasteiger partial charge on any atom is -0.475 e. The molecule has 0 aromatic carbocycles. The van der Waals surface area contributed by atoms with Gasteiger partial charge in [0.25, 0.3) is 0 Å². The van der Waals surface area contributed by atoms with Crippen LogP contribution in [0.25, 0.3) is 22.2 Å². The highest BCUT2D eigenvalue weighted by molar-refractivity contribution is 5.93. The molecule has 0 amide bonds. The number of nitrogens with one attached hydrogen (secondary N) is 1. The molecule has 3 atom stereocenters. The van der Waals surface area contributed by atoms with E-state index in [9.17, 15) is 5.11 Å². The number of aliphatic hydroxyl groups excluding tert-OH is 1. The van der Waals surface area contributed by atoms with Gasteiger partial charge in [0, 0.05) is 29.8 Å². The van der Waals surface area contributed by atoms with E-state index in [1.165, 1.54) is 0 Å². The van der Waals surface area contributed by atoms with Crippen molar-refractivity contribution in [3.63, 3.8) is 0 Å². The van der Waals surface area contributed by atoms with Crippen molar-refractivity contribution in [3.8, 4) is 17.1 Å². The molecule has 0 saturated carbocycles. The predicted octanol–water partition coefficient (Wildman–Crippen LogP) is 2.64. The molecular formula is C19H25N5O4. The first-order valence-electron chi connectivity index (χ1n) is 9.57. The molecule has 9 nitrogen and oxygen atoms in total. The third-order valence-electron chi connectivity index (χ3n) is 4.66. The summed E-state index contributed by atoms with van der Waals surface area (Å²) in [7, 11) is 0. The summed E-state index contributed by atoms with van der Waals surface area (Å²) < 4.78 is 18.9. The number of pyridine rings is 1. The number of H-pyrrole nitrogens is 1. The molecule has 9 heteroatoms. The van der Waals surface area contributed by atoms with Crippen molar-refractivity contribution in [2.24, 2.45) is 0 Å². The van der Waals surface area contributed by atoms with Crippen LogP contribution < -0.4 is 4.74 Å². The average Bonchev–Trinajstić information content (AvgIpc) is 3.34. The van der Waals surface area contributed by atoms with Gasteiger partial charge in [0.1, 0.15) is 12.3 Å². The number of rotatable bonds is 7. The Kier molecular flexibility index (Phi) is 5.56. The van der Waals surface area contributed by atoms with Crippen LogP contribution in [0, 0.1) is 0 Å². The number of aliphatic hydroxyl groups is 1. The van der Waals surface area contributed by atoms with Crippen LogP contribution >= 0.6 is 0 Å². The Balaban J connectivity index is 1.65. The minimum absolute atomic E-state index is 0.0927. The number of aromatic nitrogens is 5. The SMILES string of the molecule is CC(O)O[C@@H](C)COc1cc2c(-c3cn[nH]c3)nn(C3CCCCO3)c2cn1. The summed E-state index contributed by atoms with van der Waals surface area (Å²) in [6.07, 6.45) is 7.24. The summed E-state index contributed by atoms with van der Waals surface area (Å²) in [5.41, 5.74) is 2.59. The predicted molar refractivity (Wildman–Crippen MR) is 102 cm³/mol. The van der Waals surface area contributed by atoms with Gasteiger partial charge in [0.2, 0.25) is 5.88 Å². The van der Waals surface area contributed by atoms with E-state index in [4.69, 9.17) is 19.3 Å². The van der Waals surface area contributed by atoms with Gasteiger partial charge in [-0.2, -0.15) is 10.2 Å². The minimum atomic E-state index is -0.838. The maximum absolute atomic E-state index is 9.30. The molecule has 0 bridgehead atoms. The molecule has 0 radical (unpaired) electrons. The van der Waals surface area contributed by atoms with Crippen molar-refractivity contribution < 1.29 is 19.3 Å². The standard InChI is InChI=1S/C19H25N5O4/c1-12(28-13(2)25)11-27-17-7-15-16(10-20-17)24(18-5-3-4-6-26-18)23-19(15)14-8-21-22-9-14/h7-10,12-13,18,25H,3-6,11H2,1-2H3,(H,21,22)/t12-,13?,18?/m0/s1. The highest BCUT2D eigenvalue weighted by atomic mass is 16.6. The van der Waals surface area contributed by atoms with Crippen molar-refractivity contribution in [1.29, 1.82) is 0 Å². The third kappa shape index (κ3) is 4.01. The molecule has 1 aliphatic rings. The van der Waals surface area contributed by atoms with Crippen LogP contribution in [0.4, 0.5) is 0 Å². The Morgan fingerprint density at radius 1 is 1.36 bits per heavy atom. The van der Waals surface area contributed by atoms with Crippen molar-refractivity contribution >= 4 is 10.9 Å². The molecule has 0 spiro atoms. The molecule has 3 aromatic heterocycles. The Morgan fingerprint density at radius 2 is 2.25 bits per heavy atom. The van der Waals surface area contributed by atoms with E-state index < -0.39 is 6.29 Å². The van der Waals surface area contributed by atoms with Gasteiger partial charge in [-0.05, 0) is 33.1 Å². The van der Waals surface area contributed by atoms with Gasteiger partial charge in [-0.15, -0.1) is 0 Å². The van der Waals surface area contributed by atoms with Crippen LogP contribution in [-0.4, -0.2) is 55.7 Å². The topological polar surface area (TPSA) is 107 Å². The fourth-order valence-electron chi connectivity index (χ4n) is 3.40. The molecule has 1 fully saturated rings. The number of hydrogen-bond donors (Lipinski definition) is 2. The zero-order valence-electron chi connectivity index (χ0n) is 16.0. The first kappa shape index (κ1) is 18.9. The highest BCUT2D eigenvalue weighted by Crippen LogP contribution is 2.33. The van der Waals surface area contributed by atoms with Crippen LogP contribution in [0.2, 0.25) is 0 Å². The van der Waals surface area contributed by atoms with Gasteiger partial charge in [0.15, 0.2) is 12.5 Å². The zero-order valence-corrected chi connectivity index (χ0v) is 16.0. The van der Waals surface area contributed by atoms with Crippen LogP contribution in [0.1, 0.15) is 39.3 Å². The van der Waals surface area contributed by atoms with Crippen LogP contribution in [0.15, 0.2) is 24.7 Å². The van der Waals surface area contributed by atoms with Crippen LogP contribution in [0.5, 0.6) is 5.88 Å². The van der Waals surface area contributed by atoms with Gasteiger partial charge in [-0.1, -0.05) is 0 Å². The Labute approximate surface area is 162 Å². The zero-order chi connectivity index (χ0) is 19.5. The Hall–Kier alpha value is -2.49. The van der Waals surface area contributed by atoms with E-state index in [1.54, 1.807) is 19.3 Å². The van der Waals surface area contributed by atoms with Gasteiger partial charge >= 0.3 is 0 Å². The lowest BCUT2D eigenvalue weighted by Gasteiger charge is -2.23. The van der Waals surface area contributed by atoms with E-state index in [-0.39, 0.29) is 18.9 Å². The summed E-state index contributed by atoms with van der Waals surface area (Å²) >= 11 is 0. The van der Waals surface area contributed by atoms with Crippen LogP contribution in [0.3, 0.4) is 0 Å². The second-order valence-corrected chi connectivity index (χ2v) is 7.00. The fraction of sp³-hybridized carbons (Fsp3) is 0.526. The average molecular weight is 387 g/mol. The maximum atomic E-state index is 9.30. The van der Waals surface area contributed by atoms with E-state index >= 15 is 0 Å². The quantitative estimate of drug-likeness (QED) is 0.600. The molecule has 1 aliphatic heterocycles. The molecule has 150 valence electrons. The molecule has 28 heavy (non-hydrogen) atoms. The number of hydrogen-bond acceptors (Lipinski definition) is 7. The second kappa shape index (κ2) is 8.26. The van der Waals surface area contributed by atoms with Crippen molar-refractivity contribution in [2.75, 3.05) is 13.2 Å². The molecular weight excluding hydrogens is 362 g/mol. The van der Waals surface area contributed by atoms with Crippen LogP contribution in [-0.2, 0) is 9.47 Å². The third-order valence-corrected chi connectivity index (χ3v) is 4.66.